The van der Waals surface area contributed by atoms with Gasteiger partial charge in [-0.25, -0.2) is 14.4 Å². The number of benzene rings is 2. The molecular formula is C33H45N5O9S2. The number of anilines is 2. The van der Waals surface area contributed by atoms with Crippen LogP contribution in [0.5, 0.6) is 5.75 Å². The first-order valence-corrected chi connectivity index (χ1v) is 18.0. The molecule has 0 aliphatic heterocycles. The molecule has 0 bridgehead atoms. The van der Waals surface area contributed by atoms with Crippen molar-refractivity contribution >= 4 is 68.7 Å². The summed E-state index contributed by atoms with van der Waals surface area (Å²) >= 11 is 0. The third-order valence-corrected chi connectivity index (χ3v) is 8.97. The molecule has 16 heteroatoms. The topological polar surface area (TPSA) is 223 Å². The lowest BCUT2D eigenvalue weighted by Crippen LogP contribution is -2.53. The molecule has 8 N–H and O–H groups in total. The Morgan fingerprint density at radius 1 is 0.694 bits per heavy atom. The molecule has 0 saturated carbocycles. The van der Waals surface area contributed by atoms with Gasteiger partial charge in [0.05, 0.1) is 6.42 Å². The number of aromatic hydroxyl groups is 1. The van der Waals surface area contributed by atoms with Crippen molar-refractivity contribution in [1.29, 1.82) is 0 Å². The molecule has 0 aliphatic carbocycles. The highest BCUT2D eigenvalue weighted by Gasteiger charge is 2.28. The van der Waals surface area contributed by atoms with Gasteiger partial charge < -0.3 is 41.9 Å². The molecule has 5 amide bonds. The van der Waals surface area contributed by atoms with Gasteiger partial charge in [-0.15, -0.1) is 0 Å². The fourth-order valence-corrected chi connectivity index (χ4v) is 6.57. The summed E-state index contributed by atoms with van der Waals surface area (Å²) in [7, 11) is 2.10. The Morgan fingerprint density at radius 2 is 1.16 bits per heavy atom. The van der Waals surface area contributed by atoms with Crippen LogP contribution in [0.15, 0.2) is 48.5 Å². The fourth-order valence-electron chi connectivity index (χ4n) is 4.26. The van der Waals surface area contributed by atoms with Gasteiger partial charge in [0.25, 0.3) is 0 Å². The number of urea groups is 1. The van der Waals surface area contributed by atoms with Crippen LogP contribution < -0.4 is 26.6 Å². The van der Waals surface area contributed by atoms with Crippen molar-refractivity contribution in [3.05, 3.63) is 54.1 Å². The zero-order valence-corrected chi connectivity index (χ0v) is 29.7. The Hall–Kier alpha value is -4.44. The summed E-state index contributed by atoms with van der Waals surface area (Å²) in [5, 5.41) is 41.5. The molecular weight excluding hydrogens is 675 g/mol. The smallest absolute Gasteiger partial charge is 0.327 e. The van der Waals surface area contributed by atoms with E-state index in [0.717, 1.165) is 21.6 Å². The lowest BCUT2D eigenvalue weighted by atomic mass is 9.92. The monoisotopic (exact) mass is 719 g/mol. The number of carboxylic acid groups (broad SMARTS) is 2. The van der Waals surface area contributed by atoms with Crippen LogP contribution in [0.1, 0.15) is 53.0 Å². The number of carbonyl (C=O) groups excluding carboxylic acids is 4. The zero-order chi connectivity index (χ0) is 36.7. The van der Waals surface area contributed by atoms with Crippen LogP contribution in [0, 0.1) is 11.3 Å². The van der Waals surface area contributed by atoms with Crippen LogP contribution in [0.25, 0.3) is 0 Å². The predicted octanol–water partition coefficient (Wildman–Crippen LogP) is 4.07. The van der Waals surface area contributed by atoms with E-state index in [-0.39, 0.29) is 47.9 Å². The number of carbonyl (C=O) groups is 6. The Kier molecular flexibility index (Phi) is 16.2. The van der Waals surface area contributed by atoms with Crippen molar-refractivity contribution in [2.24, 2.45) is 11.3 Å². The Balaban J connectivity index is 1.91. The standard InChI is InChI=1S/C33H45N5O9S2/c1-19(2)14-24(29(42)38-26(31(45)46)18-49-48-17-25(30(43)44)37-28(41)16-33(3,4)5)36-27(40)15-20-6-8-21(9-7-20)34-32(47)35-22-10-12-23(39)13-11-22/h6-13,19,24-26,39H,14-18H2,1-5H3,(H,36,40)(H,37,41)(H,38,42)(H,43,44)(H,45,46)(H2,34,35,47). The van der Waals surface area contributed by atoms with Crippen molar-refractivity contribution in [2.45, 2.75) is 72.0 Å². The van der Waals surface area contributed by atoms with Gasteiger partial charge in [-0.05, 0) is 59.7 Å². The third kappa shape index (κ3) is 16.5. The zero-order valence-electron chi connectivity index (χ0n) is 28.1. The number of carboxylic acids is 2. The maximum atomic E-state index is 13.2. The molecule has 3 atom stereocenters. The molecule has 0 heterocycles. The average molecular weight is 720 g/mol. The van der Waals surface area contributed by atoms with Gasteiger partial charge in [0, 0.05) is 29.3 Å². The first-order valence-electron chi connectivity index (χ1n) is 15.5. The highest BCUT2D eigenvalue weighted by Crippen LogP contribution is 2.24. The van der Waals surface area contributed by atoms with E-state index in [2.05, 4.69) is 26.6 Å². The summed E-state index contributed by atoms with van der Waals surface area (Å²) in [5.74, 6) is -4.10. The minimum Gasteiger partial charge on any atom is -0.508 e. The largest absolute Gasteiger partial charge is 0.508 e. The Morgan fingerprint density at radius 3 is 1.63 bits per heavy atom. The van der Waals surface area contributed by atoms with Crippen molar-refractivity contribution in [1.82, 2.24) is 16.0 Å². The van der Waals surface area contributed by atoms with Gasteiger partial charge in [0.2, 0.25) is 17.7 Å². The quantitative estimate of drug-likeness (QED) is 0.0623. The van der Waals surface area contributed by atoms with E-state index in [1.165, 1.54) is 12.1 Å². The number of hydrogen-bond acceptors (Lipinski definition) is 9. The van der Waals surface area contributed by atoms with Gasteiger partial charge in [0.1, 0.15) is 23.9 Å². The summed E-state index contributed by atoms with van der Waals surface area (Å²) in [6.07, 6.45) is 0.316. The Bertz CT molecular complexity index is 1450. The molecule has 0 fully saturated rings. The van der Waals surface area contributed by atoms with Gasteiger partial charge in [0.15, 0.2) is 0 Å². The number of phenols is 1. The number of amides is 5. The fraction of sp³-hybridized carbons (Fsp3) is 0.455. The van der Waals surface area contributed by atoms with E-state index in [9.17, 15) is 44.1 Å². The molecule has 0 aromatic heterocycles. The number of rotatable bonds is 18. The number of hydrogen-bond donors (Lipinski definition) is 8. The second kappa shape index (κ2) is 19.5. The predicted molar refractivity (Wildman–Crippen MR) is 190 cm³/mol. The van der Waals surface area contributed by atoms with Crippen molar-refractivity contribution in [3.63, 3.8) is 0 Å². The van der Waals surface area contributed by atoms with Gasteiger partial charge in [-0.1, -0.05) is 68.3 Å². The van der Waals surface area contributed by atoms with Crippen LogP contribution in [-0.4, -0.2) is 80.6 Å². The SMILES string of the molecule is CC(C)CC(NC(=O)Cc1ccc(NC(=O)Nc2ccc(O)cc2)cc1)C(=O)NC(CSSCC(NC(=O)CC(C)(C)C)C(=O)O)C(=O)O. The van der Waals surface area contributed by atoms with Crippen LogP contribution in [-0.2, 0) is 30.4 Å². The summed E-state index contributed by atoms with van der Waals surface area (Å²) < 4.78 is 0. The third-order valence-electron chi connectivity index (χ3n) is 6.55. The molecule has 0 radical (unpaired) electrons. The maximum Gasteiger partial charge on any atom is 0.327 e. The minimum absolute atomic E-state index is 0.0104. The molecule has 0 saturated heterocycles. The second-order valence-electron chi connectivity index (χ2n) is 12.9. The van der Waals surface area contributed by atoms with E-state index in [0.29, 0.717) is 16.9 Å². The summed E-state index contributed by atoms with van der Waals surface area (Å²) in [4.78, 5) is 74.1. The van der Waals surface area contributed by atoms with Crippen LogP contribution in [0.3, 0.4) is 0 Å². The van der Waals surface area contributed by atoms with E-state index < -0.39 is 53.8 Å². The molecule has 2 aromatic rings. The van der Waals surface area contributed by atoms with Crippen LogP contribution in [0.4, 0.5) is 16.2 Å². The van der Waals surface area contributed by atoms with Crippen molar-refractivity contribution < 1.29 is 44.1 Å². The second-order valence-corrected chi connectivity index (χ2v) is 15.5. The molecule has 2 rings (SSSR count). The summed E-state index contributed by atoms with van der Waals surface area (Å²) in [6.45, 7) is 9.28. The Labute approximate surface area is 293 Å². The van der Waals surface area contributed by atoms with E-state index in [4.69, 9.17) is 0 Å². The van der Waals surface area contributed by atoms with E-state index in [1.807, 2.05) is 34.6 Å². The van der Waals surface area contributed by atoms with Gasteiger partial charge >= 0.3 is 18.0 Å². The molecule has 49 heavy (non-hydrogen) atoms. The van der Waals surface area contributed by atoms with Crippen molar-refractivity contribution in [2.75, 3.05) is 22.1 Å². The maximum absolute atomic E-state index is 13.2. The molecule has 14 nitrogen and oxygen atoms in total. The normalized spacial score (nSPS) is 13.0. The van der Waals surface area contributed by atoms with Gasteiger partial charge in [-0.3, -0.25) is 14.4 Å². The van der Waals surface area contributed by atoms with Crippen molar-refractivity contribution in [3.8, 4) is 5.75 Å². The van der Waals surface area contributed by atoms with Crippen LogP contribution >= 0.6 is 21.6 Å². The summed E-state index contributed by atoms with van der Waals surface area (Å²) in [5.41, 5.74) is 1.24. The molecule has 2 aromatic carbocycles. The average Bonchev–Trinajstić information content (AvgIpc) is 2.98. The number of phenolic OH excluding ortho intramolecular Hbond substituents is 1. The number of aliphatic carboxylic acids is 2. The molecule has 268 valence electrons. The first-order chi connectivity index (χ1) is 22.9. The highest BCUT2D eigenvalue weighted by atomic mass is 33.1. The lowest BCUT2D eigenvalue weighted by Gasteiger charge is -2.23. The van der Waals surface area contributed by atoms with E-state index in [1.54, 1.807) is 36.4 Å². The lowest BCUT2D eigenvalue weighted by molar-refractivity contribution is -0.141. The molecule has 0 spiro atoms. The minimum atomic E-state index is -1.32. The van der Waals surface area contributed by atoms with E-state index >= 15 is 0 Å². The van der Waals surface area contributed by atoms with Gasteiger partial charge in [-0.2, -0.15) is 0 Å². The summed E-state index contributed by atoms with van der Waals surface area (Å²) in [6, 6.07) is 8.49. The highest BCUT2D eigenvalue weighted by molar-refractivity contribution is 8.76. The first kappa shape index (κ1) is 40.7. The number of nitrogens with one attached hydrogen (secondary N) is 5. The molecule has 0 aliphatic rings. The molecule has 3 unspecified atom stereocenters. The van der Waals surface area contributed by atoms with Crippen LogP contribution in [0.2, 0.25) is 0 Å².